The van der Waals surface area contributed by atoms with Crippen LogP contribution in [0.15, 0.2) is 36.0 Å². The van der Waals surface area contributed by atoms with E-state index in [0.29, 0.717) is 18.7 Å². The van der Waals surface area contributed by atoms with Crippen LogP contribution in [0.3, 0.4) is 0 Å². The molecule has 3 aromatic rings. The zero-order chi connectivity index (χ0) is 16.9. The highest BCUT2D eigenvalue weighted by atomic mass is 32.2. The van der Waals surface area contributed by atoms with Crippen molar-refractivity contribution in [3.63, 3.8) is 0 Å². The Kier molecular flexibility index (Phi) is 3.28. The van der Waals surface area contributed by atoms with Gasteiger partial charge >= 0.3 is 0 Å². The number of likely N-dealkylation sites (N-methyl/N-ethyl adjacent to an activating group) is 1. The molecule has 0 aliphatic carbocycles. The lowest BCUT2D eigenvalue weighted by Gasteiger charge is -2.43. The maximum absolute atomic E-state index is 12.6. The maximum Gasteiger partial charge on any atom is 0.262 e. The van der Waals surface area contributed by atoms with E-state index in [1.54, 1.807) is 23.2 Å². The molecule has 0 spiro atoms. The van der Waals surface area contributed by atoms with Gasteiger partial charge in [0.2, 0.25) is 0 Å². The van der Waals surface area contributed by atoms with Gasteiger partial charge in [-0.25, -0.2) is 13.4 Å². The van der Waals surface area contributed by atoms with E-state index < -0.39 is 10.0 Å². The molecule has 24 heavy (non-hydrogen) atoms. The number of aromatic nitrogens is 6. The van der Waals surface area contributed by atoms with Gasteiger partial charge in [0.05, 0.1) is 12.4 Å². The Labute approximate surface area is 138 Å². The topological polar surface area (TPSA) is 102 Å². The highest BCUT2D eigenvalue weighted by molar-refractivity contribution is 7.89. The van der Waals surface area contributed by atoms with Crippen molar-refractivity contribution in [2.75, 3.05) is 25.0 Å². The fourth-order valence-electron chi connectivity index (χ4n) is 2.63. The Morgan fingerprint density at radius 3 is 2.75 bits per heavy atom. The van der Waals surface area contributed by atoms with E-state index in [4.69, 9.17) is 0 Å². The van der Waals surface area contributed by atoms with Crippen LogP contribution in [-0.2, 0) is 17.1 Å². The number of anilines is 1. The Hall–Kier alpha value is -2.53. The molecule has 1 aliphatic heterocycles. The van der Waals surface area contributed by atoms with Crippen LogP contribution in [0.5, 0.6) is 0 Å². The molecule has 126 valence electrons. The van der Waals surface area contributed by atoms with Gasteiger partial charge in [-0.2, -0.15) is 8.82 Å². The van der Waals surface area contributed by atoms with Gasteiger partial charge in [0.25, 0.3) is 10.0 Å². The minimum Gasteiger partial charge on any atom is -0.352 e. The monoisotopic (exact) mass is 348 g/mol. The van der Waals surface area contributed by atoms with E-state index in [9.17, 15) is 8.42 Å². The van der Waals surface area contributed by atoms with Crippen LogP contribution in [0.25, 0.3) is 5.65 Å². The zero-order valence-corrected chi connectivity index (χ0v) is 14.0. The molecule has 11 heteroatoms. The van der Waals surface area contributed by atoms with E-state index >= 15 is 0 Å². The molecular formula is C13H16N8O2S. The molecule has 1 aliphatic rings. The number of hydrogen-bond donors (Lipinski definition) is 0. The third-order valence-corrected chi connectivity index (χ3v) is 5.97. The van der Waals surface area contributed by atoms with E-state index in [1.807, 2.05) is 17.0 Å². The highest BCUT2D eigenvalue weighted by Crippen LogP contribution is 2.24. The van der Waals surface area contributed by atoms with Gasteiger partial charge in [-0.15, -0.1) is 15.3 Å². The van der Waals surface area contributed by atoms with E-state index in [0.717, 1.165) is 5.82 Å². The second-order valence-corrected chi connectivity index (χ2v) is 7.73. The summed E-state index contributed by atoms with van der Waals surface area (Å²) >= 11 is 0. The van der Waals surface area contributed by atoms with E-state index in [1.165, 1.54) is 23.2 Å². The molecule has 0 radical (unpaired) electrons. The maximum atomic E-state index is 12.6. The Balaban J connectivity index is 1.48. The van der Waals surface area contributed by atoms with Crippen molar-refractivity contribution in [3.8, 4) is 0 Å². The third kappa shape index (κ3) is 2.32. The molecule has 1 saturated heterocycles. The van der Waals surface area contributed by atoms with Crippen LogP contribution in [0.1, 0.15) is 0 Å². The average Bonchev–Trinajstić information content (AvgIpc) is 3.13. The summed E-state index contributed by atoms with van der Waals surface area (Å²) in [6.45, 7) is 1.15. The SMILES string of the molecule is CN(C1CN(c2ccc3nncn3n2)C1)S(=O)(=O)c1cn(C)cn1. The largest absolute Gasteiger partial charge is 0.352 e. The Bertz CT molecular complexity index is 988. The van der Waals surface area contributed by atoms with Gasteiger partial charge in [-0.1, -0.05) is 0 Å². The van der Waals surface area contributed by atoms with Gasteiger partial charge in [0, 0.05) is 33.4 Å². The molecule has 1 fully saturated rings. The van der Waals surface area contributed by atoms with Crippen molar-refractivity contribution < 1.29 is 8.42 Å². The molecule has 10 nitrogen and oxygen atoms in total. The summed E-state index contributed by atoms with van der Waals surface area (Å²) in [7, 11) is -0.255. The van der Waals surface area contributed by atoms with Gasteiger partial charge < -0.3 is 9.47 Å². The minimum atomic E-state index is -3.58. The molecule has 0 unspecified atom stereocenters. The predicted molar refractivity (Wildman–Crippen MR) is 84.9 cm³/mol. The number of hydrogen-bond acceptors (Lipinski definition) is 7. The molecule has 0 bridgehead atoms. The lowest BCUT2D eigenvalue weighted by molar-refractivity contribution is 0.308. The van der Waals surface area contributed by atoms with Crippen LogP contribution < -0.4 is 4.90 Å². The third-order valence-electron chi connectivity index (χ3n) is 4.17. The standard InChI is InChI=1S/C13H16N8O2S/c1-18-7-13(14-8-18)24(22,23)19(2)10-5-20(6-10)12-4-3-11-16-15-9-21(11)17-12/h3-4,7-10H,5-6H2,1-2H3. The quantitative estimate of drug-likeness (QED) is 0.618. The van der Waals surface area contributed by atoms with Crippen LogP contribution in [-0.4, -0.2) is 68.3 Å². The van der Waals surface area contributed by atoms with E-state index in [2.05, 4.69) is 20.3 Å². The first kappa shape index (κ1) is 15.0. The van der Waals surface area contributed by atoms with Gasteiger partial charge in [-0.05, 0) is 12.1 Å². The molecule has 0 aromatic carbocycles. The molecule has 0 amide bonds. The summed E-state index contributed by atoms with van der Waals surface area (Å²) in [5, 5.41) is 12.2. The smallest absolute Gasteiger partial charge is 0.262 e. The minimum absolute atomic E-state index is 0.0648. The first-order chi connectivity index (χ1) is 11.4. The number of fused-ring (bicyclic) bond motifs is 1. The van der Waals surface area contributed by atoms with Crippen LogP contribution in [0, 0.1) is 0 Å². The number of imidazole rings is 1. The fourth-order valence-corrected chi connectivity index (χ4v) is 3.93. The highest BCUT2D eigenvalue weighted by Gasteiger charge is 2.38. The number of rotatable bonds is 4. The second-order valence-electron chi connectivity index (χ2n) is 5.78. The summed E-state index contributed by atoms with van der Waals surface area (Å²) in [4.78, 5) is 5.95. The number of nitrogens with zero attached hydrogens (tertiary/aromatic N) is 8. The van der Waals surface area contributed by atoms with Crippen LogP contribution >= 0.6 is 0 Å². The van der Waals surface area contributed by atoms with Crippen LogP contribution in [0.4, 0.5) is 5.82 Å². The summed E-state index contributed by atoms with van der Waals surface area (Å²) in [6, 6.07) is 3.57. The molecular weight excluding hydrogens is 332 g/mol. The molecule has 4 heterocycles. The summed E-state index contributed by atoms with van der Waals surface area (Å²) in [5.74, 6) is 0.766. The lowest BCUT2D eigenvalue weighted by Crippen LogP contribution is -2.60. The second kappa shape index (κ2) is 5.24. The lowest BCUT2D eigenvalue weighted by atomic mass is 10.1. The first-order valence-corrected chi connectivity index (χ1v) is 8.77. The van der Waals surface area contributed by atoms with E-state index in [-0.39, 0.29) is 11.1 Å². The normalized spacial score (nSPS) is 16.0. The molecule has 0 saturated carbocycles. The Morgan fingerprint density at radius 2 is 2.04 bits per heavy atom. The van der Waals surface area contributed by atoms with Crippen LogP contribution in [0.2, 0.25) is 0 Å². The molecule has 4 rings (SSSR count). The van der Waals surface area contributed by atoms with Crippen molar-refractivity contribution in [2.24, 2.45) is 7.05 Å². The zero-order valence-electron chi connectivity index (χ0n) is 13.2. The summed E-state index contributed by atoms with van der Waals surface area (Å²) in [5.41, 5.74) is 0.672. The predicted octanol–water partition coefficient (Wildman–Crippen LogP) is -0.633. The van der Waals surface area contributed by atoms with Crippen molar-refractivity contribution >= 4 is 21.5 Å². The van der Waals surface area contributed by atoms with Gasteiger partial charge in [-0.3, -0.25) is 0 Å². The Morgan fingerprint density at radius 1 is 1.25 bits per heavy atom. The molecule has 0 N–H and O–H groups in total. The van der Waals surface area contributed by atoms with Crippen molar-refractivity contribution in [2.45, 2.75) is 11.1 Å². The van der Waals surface area contributed by atoms with Crippen molar-refractivity contribution in [1.29, 1.82) is 0 Å². The fraction of sp³-hybridized carbons (Fsp3) is 0.385. The first-order valence-electron chi connectivity index (χ1n) is 7.33. The van der Waals surface area contributed by atoms with Gasteiger partial charge in [0.1, 0.15) is 12.1 Å². The molecule has 0 atom stereocenters. The number of aryl methyl sites for hydroxylation is 1. The number of sulfonamides is 1. The average molecular weight is 348 g/mol. The van der Waals surface area contributed by atoms with Crippen molar-refractivity contribution in [3.05, 3.63) is 31.0 Å². The summed E-state index contributed by atoms with van der Waals surface area (Å²) < 4.78 is 29.7. The molecule has 3 aromatic heterocycles. The van der Waals surface area contributed by atoms with Gasteiger partial charge in [0.15, 0.2) is 10.7 Å². The summed E-state index contributed by atoms with van der Waals surface area (Å²) in [6.07, 6.45) is 4.52. The van der Waals surface area contributed by atoms with Crippen molar-refractivity contribution in [1.82, 2.24) is 33.7 Å².